The Balaban J connectivity index is 2.06. The monoisotopic (exact) mass is 232 g/mol. The van der Waals surface area contributed by atoms with Crippen LogP contribution in [0.4, 0.5) is 5.69 Å². The van der Waals surface area contributed by atoms with Gasteiger partial charge in [0, 0.05) is 35.8 Å². The molecule has 0 aliphatic rings. The molecule has 0 amide bonds. The van der Waals surface area contributed by atoms with Gasteiger partial charge in [-0.2, -0.15) is 0 Å². The van der Waals surface area contributed by atoms with Crippen molar-refractivity contribution in [3.8, 4) is 0 Å². The van der Waals surface area contributed by atoms with Gasteiger partial charge in [-0.1, -0.05) is 0 Å². The SMILES string of the molecule is COC(=O)CCCn1ccc2cc(N)ccc21. The second-order valence-electron chi connectivity index (χ2n) is 4.01. The average molecular weight is 232 g/mol. The number of carbonyl (C=O) groups excluding carboxylic acids is 1. The molecule has 0 spiro atoms. The van der Waals surface area contributed by atoms with Crippen molar-refractivity contribution >= 4 is 22.6 Å². The lowest BCUT2D eigenvalue weighted by molar-refractivity contribution is -0.140. The quantitative estimate of drug-likeness (QED) is 0.649. The van der Waals surface area contributed by atoms with E-state index in [1.54, 1.807) is 0 Å². The number of benzene rings is 1. The molecule has 2 aromatic rings. The molecule has 0 saturated carbocycles. The van der Waals surface area contributed by atoms with Crippen LogP contribution in [0.2, 0.25) is 0 Å². The summed E-state index contributed by atoms with van der Waals surface area (Å²) in [4.78, 5) is 11.0. The summed E-state index contributed by atoms with van der Waals surface area (Å²) in [5, 5.41) is 1.13. The van der Waals surface area contributed by atoms with E-state index >= 15 is 0 Å². The van der Waals surface area contributed by atoms with Crippen molar-refractivity contribution < 1.29 is 9.53 Å². The maximum Gasteiger partial charge on any atom is 0.305 e. The van der Waals surface area contributed by atoms with Gasteiger partial charge >= 0.3 is 5.97 Å². The molecule has 0 aliphatic carbocycles. The van der Waals surface area contributed by atoms with E-state index in [4.69, 9.17) is 5.73 Å². The Morgan fingerprint density at radius 3 is 3.00 bits per heavy atom. The Morgan fingerprint density at radius 1 is 1.41 bits per heavy atom. The summed E-state index contributed by atoms with van der Waals surface area (Å²) in [6, 6.07) is 7.87. The zero-order valence-electron chi connectivity index (χ0n) is 9.85. The summed E-state index contributed by atoms with van der Waals surface area (Å²) < 4.78 is 6.73. The molecule has 0 saturated heterocycles. The lowest BCUT2D eigenvalue weighted by Crippen LogP contribution is -2.03. The zero-order valence-corrected chi connectivity index (χ0v) is 9.85. The highest BCUT2D eigenvalue weighted by Crippen LogP contribution is 2.19. The first-order valence-corrected chi connectivity index (χ1v) is 5.62. The number of rotatable bonds is 4. The Kier molecular flexibility index (Phi) is 3.32. The van der Waals surface area contributed by atoms with Gasteiger partial charge < -0.3 is 15.0 Å². The molecule has 4 nitrogen and oxygen atoms in total. The van der Waals surface area contributed by atoms with E-state index in [2.05, 4.69) is 9.30 Å². The van der Waals surface area contributed by atoms with E-state index in [0.29, 0.717) is 6.42 Å². The number of aromatic nitrogens is 1. The maximum atomic E-state index is 11.0. The Morgan fingerprint density at radius 2 is 2.24 bits per heavy atom. The normalized spacial score (nSPS) is 10.6. The van der Waals surface area contributed by atoms with Gasteiger partial charge in [0.1, 0.15) is 0 Å². The molecule has 17 heavy (non-hydrogen) atoms. The lowest BCUT2D eigenvalue weighted by Gasteiger charge is -2.05. The van der Waals surface area contributed by atoms with Crippen LogP contribution in [0, 0.1) is 0 Å². The van der Waals surface area contributed by atoms with Crippen molar-refractivity contribution in [1.29, 1.82) is 0 Å². The summed E-state index contributed by atoms with van der Waals surface area (Å²) in [5.41, 5.74) is 7.63. The van der Waals surface area contributed by atoms with Crippen LogP contribution in [0.25, 0.3) is 10.9 Å². The number of nitrogen functional groups attached to an aromatic ring is 1. The first kappa shape index (κ1) is 11.5. The van der Waals surface area contributed by atoms with Gasteiger partial charge in [-0.25, -0.2) is 0 Å². The summed E-state index contributed by atoms with van der Waals surface area (Å²) >= 11 is 0. The third-order valence-electron chi connectivity index (χ3n) is 2.80. The van der Waals surface area contributed by atoms with E-state index in [9.17, 15) is 4.79 Å². The number of carbonyl (C=O) groups is 1. The second kappa shape index (κ2) is 4.91. The number of nitrogens with zero attached hydrogens (tertiary/aromatic N) is 1. The molecule has 4 heteroatoms. The molecule has 2 N–H and O–H groups in total. The van der Waals surface area contributed by atoms with Crippen LogP contribution in [0.3, 0.4) is 0 Å². The maximum absolute atomic E-state index is 11.0. The fourth-order valence-corrected chi connectivity index (χ4v) is 1.91. The van der Waals surface area contributed by atoms with Crippen molar-refractivity contribution in [2.75, 3.05) is 12.8 Å². The van der Waals surface area contributed by atoms with Crippen LogP contribution in [0.1, 0.15) is 12.8 Å². The summed E-state index contributed by atoms with van der Waals surface area (Å²) in [6.07, 6.45) is 3.24. The van der Waals surface area contributed by atoms with Gasteiger partial charge in [-0.05, 0) is 30.7 Å². The Bertz CT molecular complexity index is 531. The fraction of sp³-hybridized carbons (Fsp3) is 0.308. The third-order valence-corrected chi connectivity index (χ3v) is 2.80. The topological polar surface area (TPSA) is 57.2 Å². The minimum Gasteiger partial charge on any atom is -0.469 e. The van der Waals surface area contributed by atoms with E-state index in [0.717, 1.165) is 29.6 Å². The standard InChI is InChI=1S/C13H16N2O2/c1-17-13(16)3-2-7-15-8-6-10-9-11(14)4-5-12(10)15/h4-6,8-9H,2-3,7,14H2,1H3. The van der Waals surface area contributed by atoms with E-state index in [1.165, 1.54) is 7.11 Å². The zero-order chi connectivity index (χ0) is 12.3. The number of nitrogens with two attached hydrogens (primary N) is 1. The van der Waals surface area contributed by atoms with Crippen LogP contribution >= 0.6 is 0 Å². The molecule has 1 aromatic carbocycles. The average Bonchev–Trinajstić information content (AvgIpc) is 2.71. The molecule has 0 atom stereocenters. The molecule has 1 heterocycles. The smallest absolute Gasteiger partial charge is 0.305 e. The fourth-order valence-electron chi connectivity index (χ4n) is 1.91. The number of fused-ring (bicyclic) bond motifs is 1. The summed E-state index contributed by atoms with van der Waals surface area (Å²) in [5.74, 6) is -0.161. The minimum atomic E-state index is -0.161. The van der Waals surface area contributed by atoms with Crippen LogP contribution in [0.15, 0.2) is 30.5 Å². The van der Waals surface area contributed by atoms with Crippen molar-refractivity contribution in [2.24, 2.45) is 0 Å². The number of esters is 1. The lowest BCUT2D eigenvalue weighted by atomic mass is 10.2. The molecule has 2 rings (SSSR count). The first-order valence-electron chi connectivity index (χ1n) is 5.62. The molecule has 0 fully saturated rings. The number of methoxy groups -OCH3 is 1. The molecule has 1 aromatic heterocycles. The van der Waals surface area contributed by atoms with Crippen LogP contribution in [0.5, 0.6) is 0 Å². The van der Waals surface area contributed by atoms with Crippen LogP contribution in [-0.2, 0) is 16.1 Å². The van der Waals surface area contributed by atoms with Gasteiger partial charge in [0.05, 0.1) is 7.11 Å². The predicted octanol–water partition coefficient (Wildman–Crippen LogP) is 2.18. The van der Waals surface area contributed by atoms with E-state index in [1.807, 2.05) is 30.5 Å². The number of hydrogen-bond donors (Lipinski definition) is 1. The van der Waals surface area contributed by atoms with Crippen molar-refractivity contribution in [3.05, 3.63) is 30.5 Å². The summed E-state index contributed by atoms with van der Waals surface area (Å²) in [7, 11) is 1.41. The van der Waals surface area contributed by atoms with Crippen molar-refractivity contribution in [2.45, 2.75) is 19.4 Å². The number of hydrogen-bond acceptors (Lipinski definition) is 3. The van der Waals surface area contributed by atoms with Gasteiger partial charge in [-0.3, -0.25) is 4.79 Å². The van der Waals surface area contributed by atoms with Gasteiger partial charge in [-0.15, -0.1) is 0 Å². The molecular formula is C13H16N2O2. The first-order chi connectivity index (χ1) is 8.20. The van der Waals surface area contributed by atoms with Crippen molar-refractivity contribution in [3.63, 3.8) is 0 Å². The number of aryl methyl sites for hydroxylation is 1. The Labute approximate surface area is 100.0 Å². The number of ether oxygens (including phenoxy) is 1. The molecule has 0 unspecified atom stereocenters. The summed E-state index contributed by atoms with van der Waals surface area (Å²) in [6.45, 7) is 0.808. The van der Waals surface area contributed by atoms with E-state index < -0.39 is 0 Å². The second-order valence-corrected chi connectivity index (χ2v) is 4.01. The van der Waals surface area contributed by atoms with Gasteiger partial charge in [0.2, 0.25) is 0 Å². The highest BCUT2D eigenvalue weighted by Gasteiger charge is 2.03. The molecule has 0 bridgehead atoms. The third kappa shape index (κ3) is 2.58. The van der Waals surface area contributed by atoms with Crippen LogP contribution in [-0.4, -0.2) is 17.6 Å². The highest BCUT2D eigenvalue weighted by molar-refractivity contribution is 5.83. The molecule has 90 valence electrons. The molecular weight excluding hydrogens is 216 g/mol. The molecule has 0 aliphatic heterocycles. The van der Waals surface area contributed by atoms with Crippen molar-refractivity contribution in [1.82, 2.24) is 4.57 Å². The number of anilines is 1. The Hall–Kier alpha value is -1.97. The predicted molar refractivity (Wildman–Crippen MR) is 67.6 cm³/mol. The van der Waals surface area contributed by atoms with E-state index in [-0.39, 0.29) is 5.97 Å². The molecule has 0 radical (unpaired) electrons. The van der Waals surface area contributed by atoms with Gasteiger partial charge in [0.15, 0.2) is 0 Å². The van der Waals surface area contributed by atoms with Gasteiger partial charge in [0.25, 0.3) is 0 Å². The minimum absolute atomic E-state index is 0.161. The van der Waals surface area contributed by atoms with Crippen LogP contribution < -0.4 is 5.73 Å². The highest BCUT2D eigenvalue weighted by atomic mass is 16.5. The largest absolute Gasteiger partial charge is 0.469 e.